The predicted octanol–water partition coefficient (Wildman–Crippen LogP) is 2.50. The Morgan fingerprint density at radius 1 is 1.29 bits per heavy atom. The zero-order chi connectivity index (χ0) is 22.3. The number of rotatable bonds is 5. The van der Waals surface area contributed by atoms with Crippen LogP contribution in [0, 0.1) is 13.8 Å². The molecule has 0 bridgehead atoms. The molecule has 4 rings (SSSR count). The van der Waals surface area contributed by atoms with Gasteiger partial charge in [0.25, 0.3) is 5.91 Å². The first-order chi connectivity index (χ1) is 14.6. The fourth-order valence-corrected chi connectivity index (χ4v) is 5.52. The van der Waals surface area contributed by atoms with Gasteiger partial charge in [0.15, 0.2) is 11.7 Å². The molecule has 1 aliphatic heterocycles. The van der Waals surface area contributed by atoms with Gasteiger partial charge in [0.1, 0.15) is 5.75 Å². The largest absolute Gasteiger partial charge is 0.482 e. The Morgan fingerprint density at radius 2 is 2.06 bits per heavy atom. The molecule has 0 saturated carbocycles. The van der Waals surface area contributed by atoms with Crippen LogP contribution in [0.4, 0.5) is 10.8 Å². The van der Waals surface area contributed by atoms with Crippen molar-refractivity contribution >= 4 is 54.2 Å². The number of hydrogen-bond donors (Lipinski definition) is 2. The fourth-order valence-electron chi connectivity index (χ4n) is 3.19. The second-order valence-corrected chi connectivity index (χ2v) is 10.3. The zero-order valence-corrected chi connectivity index (χ0v) is 18.7. The van der Waals surface area contributed by atoms with Gasteiger partial charge in [-0.15, -0.1) is 0 Å². The van der Waals surface area contributed by atoms with Gasteiger partial charge in [-0.3, -0.25) is 9.59 Å². The molecule has 0 unspecified atom stereocenters. The zero-order valence-electron chi connectivity index (χ0n) is 17.1. The summed E-state index contributed by atoms with van der Waals surface area (Å²) in [6, 6.07) is 8.68. The van der Waals surface area contributed by atoms with E-state index < -0.39 is 15.9 Å². The van der Waals surface area contributed by atoms with Gasteiger partial charge in [-0.05, 0) is 43.2 Å². The Morgan fingerprint density at radius 3 is 2.84 bits per heavy atom. The molecule has 0 atom stereocenters. The molecular formula is C20H20N4O5S2. The van der Waals surface area contributed by atoms with Gasteiger partial charge in [-0.1, -0.05) is 17.4 Å². The van der Waals surface area contributed by atoms with Crippen molar-refractivity contribution in [1.82, 2.24) is 9.29 Å². The van der Waals surface area contributed by atoms with Crippen LogP contribution in [0.2, 0.25) is 0 Å². The summed E-state index contributed by atoms with van der Waals surface area (Å²) in [6.07, 6.45) is 0. The number of sulfonamides is 1. The lowest BCUT2D eigenvalue weighted by Gasteiger charge is -2.22. The number of nitrogens with zero attached hydrogens (tertiary/aromatic N) is 2. The maximum absolute atomic E-state index is 13.1. The number of fused-ring (bicyclic) bond motifs is 2. The highest BCUT2D eigenvalue weighted by atomic mass is 32.2. The predicted molar refractivity (Wildman–Crippen MR) is 118 cm³/mol. The van der Waals surface area contributed by atoms with Crippen LogP contribution in [0.3, 0.4) is 0 Å². The first-order valence-corrected chi connectivity index (χ1v) is 11.6. The maximum atomic E-state index is 13.1. The average Bonchev–Trinajstić information content (AvgIpc) is 3.08. The third-order valence-corrected chi connectivity index (χ3v) is 7.63. The summed E-state index contributed by atoms with van der Waals surface area (Å²) in [5.41, 5.74) is 2.70. The van der Waals surface area contributed by atoms with E-state index in [4.69, 9.17) is 4.74 Å². The highest BCUT2D eigenvalue weighted by molar-refractivity contribution is 7.89. The van der Waals surface area contributed by atoms with Gasteiger partial charge in [0.05, 0.1) is 27.3 Å². The van der Waals surface area contributed by atoms with Crippen LogP contribution in [-0.2, 0) is 19.6 Å². The number of likely N-dealkylation sites (N-methyl/N-ethyl adjacent to an activating group) is 1. The smallest absolute Gasteiger partial charge is 0.262 e. The van der Waals surface area contributed by atoms with E-state index >= 15 is 0 Å². The van der Waals surface area contributed by atoms with Crippen LogP contribution < -0.4 is 15.4 Å². The second kappa shape index (κ2) is 7.91. The number of carbonyl (C=O) groups excluding carboxylic acids is 2. The van der Waals surface area contributed by atoms with Crippen molar-refractivity contribution in [3.05, 3.63) is 41.5 Å². The van der Waals surface area contributed by atoms with E-state index in [1.807, 2.05) is 25.1 Å². The number of thiazole rings is 1. The van der Waals surface area contributed by atoms with Crippen molar-refractivity contribution in [1.29, 1.82) is 0 Å². The van der Waals surface area contributed by atoms with E-state index in [9.17, 15) is 18.0 Å². The van der Waals surface area contributed by atoms with Crippen LogP contribution in [0.1, 0.15) is 11.1 Å². The van der Waals surface area contributed by atoms with Gasteiger partial charge in [-0.25, -0.2) is 13.4 Å². The highest BCUT2D eigenvalue weighted by Crippen LogP contribution is 2.34. The number of hydrogen-bond acceptors (Lipinski definition) is 7. The molecule has 1 aromatic heterocycles. The lowest BCUT2D eigenvalue weighted by Crippen LogP contribution is -2.35. The van der Waals surface area contributed by atoms with Gasteiger partial charge in [-0.2, -0.15) is 4.31 Å². The van der Waals surface area contributed by atoms with E-state index in [1.54, 1.807) is 6.92 Å². The van der Waals surface area contributed by atoms with Crippen molar-refractivity contribution in [2.75, 3.05) is 30.8 Å². The first kappa shape index (κ1) is 21.2. The molecule has 0 radical (unpaired) electrons. The number of aryl methyl sites for hydroxylation is 2. The van der Waals surface area contributed by atoms with Gasteiger partial charge in [0, 0.05) is 13.1 Å². The Kier molecular flexibility index (Phi) is 5.42. The molecule has 31 heavy (non-hydrogen) atoms. The van der Waals surface area contributed by atoms with Crippen molar-refractivity contribution < 1.29 is 22.7 Å². The molecule has 0 aliphatic carbocycles. The minimum Gasteiger partial charge on any atom is -0.482 e. The Bertz CT molecular complexity index is 1320. The molecular weight excluding hydrogens is 440 g/mol. The molecule has 162 valence electrons. The molecule has 3 aromatic rings. The molecule has 2 aromatic carbocycles. The van der Waals surface area contributed by atoms with Crippen molar-refractivity contribution in [2.45, 2.75) is 18.7 Å². The van der Waals surface area contributed by atoms with E-state index in [-0.39, 0.29) is 29.7 Å². The summed E-state index contributed by atoms with van der Waals surface area (Å²) in [6.45, 7) is 3.02. The SMILES string of the molecule is Cc1ccc2nc(NC(=O)CN(C)S(=O)(=O)c3cc4c(cc3C)NC(=O)CO4)sc2c1. The van der Waals surface area contributed by atoms with Crippen LogP contribution in [-0.4, -0.2) is 49.7 Å². The third kappa shape index (κ3) is 4.24. The number of carbonyl (C=O) groups is 2. The fraction of sp³-hybridized carbons (Fsp3) is 0.250. The summed E-state index contributed by atoms with van der Waals surface area (Å²) in [4.78, 5) is 28.3. The summed E-state index contributed by atoms with van der Waals surface area (Å²) >= 11 is 1.33. The molecule has 0 fully saturated rings. The summed E-state index contributed by atoms with van der Waals surface area (Å²) in [5.74, 6) is -0.534. The standard InChI is InChI=1S/C20H20N4O5S2/c1-11-4-5-13-16(6-11)30-20(22-13)23-18(25)9-24(3)31(27,28)17-8-15-14(7-12(17)2)21-19(26)10-29-15/h4-8H,9-10H2,1-3H3,(H,21,26)(H,22,23,25). The third-order valence-electron chi connectivity index (χ3n) is 4.75. The first-order valence-electron chi connectivity index (χ1n) is 9.34. The normalized spacial score (nSPS) is 13.6. The number of benzene rings is 2. The molecule has 2 heterocycles. The van der Waals surface area contributed by atoms with Crippen molar-refractivity contribution in [3.63, 3.8) is 0 Å². The number of nitrogens with one attached hydrogen (secondary N) is 2. The second-order valence-electron chi connectivity index (χ2n) is 7.25. The highest BCUT2D eigenvalue weighted by Gasteiger charge is 2.28. The van der Waals surface area contributed by atoms with Gasteiger partial charge >= 0.3 is 0 Å². The van der Waals surface area contributed by atoms with Crippen molar-refractivity contribution in [2.24, 2.45) is 0 Å². The van der Waals surface area contributed by atoms with Crippen molar-refractivity contribution in [3.8, 4) is 5.75 Å². The van der Waals surface area contributed by atoms with E-state index in [0.29, 0.717) is 16.4 Å². The molecule has 2 amide bonds. The van der Waals surface area contributed by atoms with E-state index in [0.717, 1.165) is 20.1 Å². The molecule has 11 heteroatoms. The average molecular weight is 461 g/mol. The summed E-state index contributed by atoms with van der Waals surface area (Å²) in [5, 5.41) is 5.71. The number of anilines is 2. The van der Waals surface area contributed by atoms with E-state index in [1.165, 1.54) is 30.5 Å². The van der Waals surface area contributed by atoms with Gasteiger partial charge < -0.3 is 15.4 Å². The molecule has 0 saturated heterocycles. The number of aromatic nitrogens is 1. The topological polar surface area (TPSA) is 118 Å². The maximum Gasteiger partial charge on any atom is 0.262 e. The molecule has 2 N–H and O–H groups in total. The minimum absolute atomic E-state index is 0.00756. The lowest BCUT2D eigenvalue weighted by atomic mass is 10.2. The summed E-state index contributed by atoms with van der Waals surface area (Å²) in [7, 11) is -2.64. The Labute approximate surface area is 183 Å². The molecule has 9 nitrogen and oxygen atoms in total. The summed E-state index contributed by atoms with van der Waals surface area (Å²) < 4.78 is 33.3. The van der Waals surface area contributed by atoms with Crippen LogP contribution in [0.15, 0.2) is 35.2 Å². The monoisotopic (exact) mass is 460 g/mol. The minimum atomic E-state index is -3.97. The van der Waals surface area contributed by atoms with E-state index in [2.05, 4.69) is 15.6 Å². The Hall–Kier alpha value is -3.02. The number of ether oxygens (including phenoxy) is 1. The van der Waals surface area contributed by atoms with Gasteiger partial charge in [0.2, 0.25) is 15.9 Å². The molecule has 1 aliphatic rings. The quantitative estimate of drug-likeness (QED) is 0.604. The number of amides is 2. The van der Waals surface area contributed by atoms with Crippen LogP contribution in [0.5, 0.6) is 5.75 Å². The Balaban J connectivity index is 1.51. The molecule has 0 spiro atoms. The van der Waals surface area contributed by atoms with Crippen LogP contribution >= 0.6 is 11.3 Å². The lowest BCUT2D eigenvalue weighted by molar-refractivity contribution is -0.118. The van der Waals surface area contributed by atoms with Crippen LogP contribution in [0.25, 0.3) is 10.2 Å².